The number of hydrogen-bond acceptors (Lipinski definition) is 3. The predicted molar refractivity (Wildman–Crippen MR) is 84.3 cm³/mol. The number of phenols is 1. The topological polar surface area (TPSA) is 41.5 Å². The average molecular weight is 287 g/mol. The van der Waals surface area contributed by atoms with Crippen molar-refractivity contribution in [1.29, 1.82) is 0 Å². The van der Waals surface area contributed by atoms with Gasteiger partial charge in [-0.2, -0.15) is 0 Å². The molecule has 0 aliphatic carbocycles. The van der Waals surface area contributed by atoms with Gasteiger partial charge in [0.25, 0.3) is 0 Å². The van der Waals surface area contributed by atoms with Crippen LogP contribution in [-0.2, 0) is 6.54 Å². The van der Waals surface area contributed by atoms with Crippen LogP contribution in [0.5, 0.6) is 11.5 Å². The lowest BCUT2D eigenvalue weighted by Gasteiger charge is -2.11. The van der Waals surface area contributed by atoms with Crippen LogP contribution in [0.15, 0.2) is 48.5 Å². The first-order valence-corrected chi connectivity index (χ1v) is 6.89. The summed E-state index contributed by atoms with van der Waals surface area (Å²) in [7, 11) is 0. The standard InChI is InChI=1S/C16H17NO2S/c1-2-19-15-10-13(8-9-14(15)18)16(20)17-11-12-6-4-3-5-7-12/h3-10,18H,2,11H2,1H3,(H,17,20). The van der Waals surface area contributed by atoms with Crippen molar-refractivity contribution in [2.45, 2.75) is 13.5 Å². The van der Waals surface area contributed by atoms with E-state index in [-0.39, 0.29) is 5.75 Å². The first-order chi connectivity index (χ1) is 9.70. The molecule has 3 nitrogen and oxygen atoms in total. The van der Waals surface area contributed by atoms with Crippen LogP contribution in [0.4, 0.5) is 0 Å². The van der Waals surface area contributed by atoms with Gasteiger partial charge < -0.3 is 15.2 Å². The third kappa shape index (κ3) is 3.71. The zero-order valence-corrected chi connectivity index (χ0v) is 12.1. The van der Waals surface area contributed by atoms with Crippen LogP contribution in [0, 0.1) is 0 Å². The van der Waals surface area contributed by atoms with Gasteiger partial charge in [0.15, 0.2) is 11.5 Å². The Labute approximate surface area is 124 Å². The number of benzene rings is 2. The molecule has 0 fully saturated rings. The van der Waals surface area contributed by atoms with Gasteiger partial charge in [0, 0.05) is 12.1 Å². The third-order valence-corrected chi connectivity index (χ3v) is 3.20. The maximum atomic E-state index is 9.67. The van der Waals surface area contributed by atoms with Crippen molar-refractivity contribution in [3.8, 4) is 11.5 Å². The summed E-state index contributed by atoms with van der Waals surface area (Å²) in [6, 6.07) is 15.2. The monoisotopic (exact) mass is 287 g/mol. The quantitative estimate of drug-likeness (QED) is 0.828. The minimum Gasteiger partial charge on any atom is -0.504 e. The molecule has 0 saturated heterocycles. The molecule has 0 aliphatic heterocycles. The average Bonchev–Trinajstić information content (AvgIpc) is 2.48. The van der Waals surface area contributed by atoms with Crippen LogP contribution in [0.3, 0.4) is 0 Å². The molecule has 0 unspecified atom stereocenters. The van der Waals surface area contributed by atoms with E-state index < -0.39 is 0 Å². The maximum absolute atomic E-state index is 9.67. The smallest absolute Gasteiger partial charge is 0.161 e. The largest absolute Gasteiger partial charge is 0.504 e. The summed E-state index contributed by atoms with van der Waals surface area (Å²) in [4.78, 5) is 0.634. The Morgan fingerprint density at radius 3 is 2.65 bits per heavy atom. The van der Waals surface area contributed by atoms with Crippen molar-refractivity contribution in [1.82, 2.24) is 5.32 Å². The molecule has 0 aromatic heterocycles. The van der Waals surface area contributed by atoms with Gasteiger partial charge >= 0.3 is 0 Å². The molecule has 0 bridgehead atoms. The third-order valence-electron chi connectivity index (χ3n) is 2.82. The molecule has 0 amide bonds. The molecule has 2 aromatic carbocycles. The molecule has 20 heavy (non-hydrogen) atoms. The number of thiocarbonyl (C=S) groups is 1. The molecule has 2 aromatic rings. The highest BCUT2D eigenvalue weighted by molar-refractivity contribution is 7.80. The number of nitrogens with one attached hydrogen (secondary N) is 1. The molecule has 2 N–H and O–H groups in total. The summed E-state index contributed by atoms with van der Waals surface area (Å²) >= 11 is 5.36. The summed E-state index contributed by atoms with van der Waals surface area (Å²) in [6.07, 6.45) is 0. The van der Waals surface area contributed by atoms with Crippen LogP contribution in [-0.4, -0.2) is 16.7 Å². The number of hydrogen-bond donors (Lipinski definition) is 2. The fourth-order valence-corrected chi connectivity index (χ4v) is 2.01. The Balaban J connectivity index is 2.04. The molecule has 0 saturated carbocycles. The highest BCUT2D eigenvalue weighted by atomic mass is 32.1. The summed E-state index contributed by atoms with van der Waals surface area (Å²) in [5, 5.41) is 12.9. The van der Waals surface area contributed by atoms with Gasteiger partial charge in [-0.15, -0.1) is 0 Å². The van der Waals surface area contributed by atoms with Crippen LogP contribution >= 0.6 is 12.2 Å². The lowest BCUT2D eigenvalue weighted by atomic mass is 10.2. The SMILES string of the molecule is CCOc1cc(C(=S)NCc2ccccc2)ccc1O. The second kappa shape index (κ2) is 6.91. The molecule has 104 valence electrons. The van der Waals surface area contributed by atoms with E-state index >= 15 is 0 Å². The van der Waals surface area contributed by atoms with Crippen molar-refractivity contribution in [3.63, 3.8) is 0 Å². The Morgan fingerprint density at radius 2 is 1.95 bits per heavy atom. The molecular formula is C16H17NO2S. The fourth-order valence-electron chi connectivity index (χ4n) is 1.81. The Kier molecular flexibility index (Phi) is 4.96. The van der Waals surface area contributed by atoms with E-state index in [0.717, 1.165) is 5.56 Å². The van der Waals surface area contributed by atoms with Crippen molar-refractivity contribution in [3.05, 3.63) is 59.7 Å². The highest BCUT2D eigenvalue weighted by Gasteiger charge is 2.07. The summed E-state index contributed by atoms with van der Waals surface area (Å²) in [6.45, 7) is 3.05. The Morgan fingerprint density at radius 1 is 1.20 bits per heavy atom. The summed E-state index contributed by atoms with van der Waals surface area (Å²) < 4.78 is 5.35. The van der Waals surface area contributed by atoms with Crippen molar-refractivity contribution < 1.29 is 9.84 Å². The van der Waals surface area contributed by atoms with Gasteiger partial charge in [0.05, 0.1) is 6.61 Å². The van der Waals surface area contributed by atoms with E-state index in [2.05, 4.69) is 5.32 Å². The van der Waals surface area contributed by atoms with E-state index in [1.165, 1.54) is 5.56 Å². The molecule has 0 atom stereocenters. The predicted octanol–water partition coefficient (Wildman–Crippen LogP) is 3.26. The summed E-state index contributed by atoms with van der Waals surface area (Å²) in [5.41, 5.74) is 2.00. The molecular weight excluding hydrogens is 270 g/mol. The molecule has 4 heteroatoms. The zero-order valence-electron chi connectivity index (χ0n) is 11.3. The van der Waals surface area contributed by atoms with Gasteiger partial charge in [0.1, 0.15) is 4.99 Å². The molecule has 0 spiro atoms. The second-order valence-corrected chi connectivity index (χ2v) is 4.69. The fraction of sp³-hybridized carbons (Fsp3) is 0.188. The van der Waals surface area contributed by atoms with Crippen LogP contribution in [0.25, 0.3) is 0 Å². The second-order valence-electron chi connectivity index (χ2n) is 4.28. The zero-order chi connectivity index (χ0) is 14.4. The number of rotatable bonds is 5. The van der Waals surface area contributed by atoms with Gasteiger partial charge in [-0.1, -0.05) is 42.5 Å². The first-order valence-electron chi connectivity index (χ1n) is 6.48. The maximum Gasteiger partial charge on any atom is 0.161 e. The van der Waals surface area contributed by atoms with E-state index in [4.69, 9.17) is 17.0 Å². The molecule has 0 radical (unpaired) electrons. The number of phenolic OH excluding ortho intramolecular Hbond substituents is 1. The van der Waals surface area contributed by atoms with Crippen molar-refractivity contribution in [2.75, 3.05) is 6.61 Å². The molecule has 0 aliphatic rings. The minimum absolute atomic E-state index is 0.126. The molecule has 0 heterocycles. The van der Waals surface area contributed by atoms with E-state index in [1.807, 2.05) is 37.3 Å². The van der Waals surface area contributed by atoms with Crippen LogP contribution < -0.4 is 10.1 Å². The highest BCUT2D eigenvalue weighted by Crippen LogP contribution is 2.26. The Bertz CT molecular complexity index is 584. The van der Waals surface area contributed by atoms with E-state index in [1.54, 1.807) is 18.2 Å². The lowest BCUT2D eigenvalue weighted by molar-refractivity contribution is 0.318. The normalized spacial score (nSPS) is 10.1. The van der Waals surface area contributed by atoms with E-state index in [0.29, 0.717) is 23.9 Å². The van der Waals surface area contributed by atoms with Gasteiger partial charge in [-0.05, 0) is 30.7 Å². The molecule has 2 rings (SSSR count). The van der Waals surface area contributed by atoms with Crippen LogP contribution in [0.2, 0.25) is 0 Å². The lowest BCUT2D eigenvalue weighted by Crippen LogP contribution is -2.21. The van der Waals surface area contributed by atoms with Gasteiger partial charge in [-0.25, -0.2) is 0 Å². The number of ether oxygens (including phenoxy) is 1. The summed E-state index contributed by atoms with van der Waals surface area (Å²) in [5.74, 6) is 0.579. The minimum atomic E-state index is 0.126. The first kappa shape index (κ1) is 14.3. The van der Waals surface area contributed by atoms with Crippen molar-refractivity contribution in [2.24, 2.45) is 0 Å². The van der Waals surface area contributed by atoms with Gasteiger partial charge in [0.2, 0.25) is 0 Å². The van der Waals surface area contributed by atoms with E-state index in [9.17, 15) is 5.11 Å². The van der Waals surface area contributed by atoms with Crippen molar-refractivity contribution >= 4 is 17.2 Å². The van der Waals surface area contributed by atoms with Crippen LogP contribution in [0.1, 0.15) is 18.1 Å². The van der Waals surface area contributed by atoms with Gasteiger partial charge in [-0.3, -0.25) is 0 Å². The Hall–Kier alpha value is -2.07. The number of aromatic hydroxyl groups is 1.